The summed E-state index contributed by atoms with van der Waals surface area (Å²) in [4.78, 5) is 6.67. The van der Waals surface area contributed by atoms with E-state index < -0.39 is 11.6 Å². The number of hydrogen-bond donors (Lipinski definition) is 0. The lowest BCUT2D eigenvalue weighted by atomic mass is 9.90. The third-order valence-electron chi connectivity index (χ3n) is 5.54. The maximum Gasteiger partial charge on any atom is 0.166 e. The largest absolute Gasteiger partial charge is 0.299 e. The van der Waals surface area contributed by atoms with Gasteiger partial charge in [0.05, 0.1) is 0 Å². The van der Waals surface area contributed by atoms with Gasteiger partial charge in [0.15, 0.2) is 11.6 Å². The molecule has 1 aliphatic heterocycles. The molecule has 0 radical (unpaired) electrons. The van der Waals surface area contributed by atoms with Crippen LogP contribution in [-0.4, -0.2) is 23.0 Å². The molecule has 4 heteroatoms. The van der Waals surface area contributed by atoms with Crippen LogP contribution in [0.25, 0.3) is 11.1 Å². The molecule has 0 N–H and O–H groups in total. The monoisotopic (exact) mass is 378 g/mol. The Morgan fingerprint density at radius 2 is 1.68 bits per heavy atom. The summed E-state index contributed by atoms with van der Waals surface area (Å²) >= 11 is 0. The number of nitrogens with zero attached hydrogens (tertiary/aromatic N) is 2. The molecule has 0 spiro atoms. The number of benzene rings is 2. The molecule has 4 rings (SSSR count). The Morgan fingerprint density at radius 1 is 0.893 bits per heavy atom. The van der Waals surface area contributed by atoms with Crippen LogP contribution in [0.2, 0.25) is 0 Å². The Kier molecular flexibility index (Phi) is 5.77. The fourth-order valence-electron chi connectivity index (χ4n) is 4.00. The van der Waals surface area contributed by atoms with Gasteiger partial charge in [-0.05, 0) is 61.5 Å². The van der Waals surface area contributed by atoms with Crippen LogP contribution in [0.1, 0.15) is 24.0 Å². The summed E-state index contributed by atoms with van der Waals surface area (Å²) in [5.41, 5.74) is 3.32. The zero-order chi connectivity index (χ0) is 19.3. The van der Waals surface area contributed by atoms with Crippen molar-refractivity contribution in [3.8, 4) is 11.1 Å². The van der Waals surface area contributed by atoms with Crippen LogP contribution in [0, 0.1) is 17.6 Å². The first-order chi connectivity index (χ1) is 13.7. The van der Waals surface area contributed by atoms with Gasteiger partial charge in [-0.2, -0.15) is 0 Å². The summed E-state index contributed by atoms with van der Waals surface area (Å²) in [7, 11) is 0. The Balaban J connectivity index is 1.37. The van der Waals surface area contributed by atoms with Gasteiger partial charge < -0.3 is 0 Å². The number of pyridine rings is 1. The molecular weight excluding hydrogens is 354 g/mol. The molecule has 3 aromatic rings. The van der Waals surface area contributed by atoms with E-state index in [-0.39, 0.29) is 5.56 Å². The number of likely N-dealkylation sites (tertiary alicyclic amines) is 1. The van der Waals surface area contributed by atoms with Crippen LogP contribution in [0.3, 0.4) is 0 Å². The average molecular weight is 378 g/mol. The van der Waals surface area contributed by atoms with Crippen LogP contribution in [-0.2, 0) is 13.0 Å². The Hall–Kier alpha value is -2.59. The second kappa shape index (κ2) is 8.61. The molecule has 0 atom stereocenters. The number of hydrogen-bond acceptors (Lipinski definition) is 2. The van der Waals surface area contributed by atoms with Crippen molar-refractivity contribution in [2.24, 2.45) is 5.92 Å². The van der Waals surface area contributed by atoms with Crippen LogP contribution in [0.4, 0.5) is 8.78 Å². The smallest absolute Gasteiger partial charge is 0.166 e. The van der Waals surface area contributed by atoms with E-state index in [2.05, 4.69) is 40.2 Å². The summed E-state index contributed by atoms with van der Waals surface area (Å²) in [6.45, 7) is 2.89. The highest BCUT2D eigenvalue weighted by molar-refractivity contribution is 5.63. The normalized spacial score (nSPS) is 15.6. The van der Waals surface area contributed by atoms with Gasteiger partial charge in [0.1, 0.15) is 0 Å². The van der Waals surface area contributed by atoms with E-state index in [0.29, 0.717) is 5.56 Å². The highest BCUT2D eigenvalue weighted by Crippen LogP contribution is 2.26. The summed E-state index contributed by atoms with van der Waals surface area (Å²) in [6, 6.07) is 16.8. The maximum absolute atomic E-state index is 14.1. The van der Waals surface area contributed by atoms with Crippen molar-refractivity contribution in [1.82, 2.24) is 9.88 Å². The van der Waals surface area contributed by atoms with Crippen LogP contribution < -0.4 is 0 Å². The molecule has 0 saturated carbocycles. The van der Waals surface area contributed by atoms with Gasteiger partial charge in [-0.15, -0.1) is 0 Å². The van der Waals surface area contributed by atoms with Gasteiger partial charge >= 0.3 is 0 Å². The third-order valence-corrected chi connectivity index (χ3v) is 5.54. The standard InChI is InChI=1S/C24H24F2N2/c25-23-8-4-7-22(24(23)26)21-14-20(15-27-16-21)17-28-11-9-19(10-12-28)13-18-5-2-1-3-6-18/h1-8,14-16,19H,9-13,17H2. The minimum absolute atomic E-state index is 0.260. The number of piperidine rings is 1. The predicted molar refractivity (Wildman–Crippen MR) is 108 cm³/mol. The highest BCUT2D eigenvalue weighted by atomic mass is 19.2. The SMILES string of the molecule is Fc1cccc(-c2cncc(CN3CCC(Cc4ccccc4)CC3)c2)c1F. The first kappa shape index (κ1) is 18.8. The quantitative estimate of drug-likeness (QED) is 0.584. The number of rotatable bonds is 5. The second-order valence-electron chi connectivity index (χ2n) is 7.59. The third kappa shape index (κ3) is 4.45. The molecule has 1 fully saturated rings. The minimum atomic E-state index is -0.830. The van der Waals surface area contributed by atoms with E-state index in [1.54, 1.807) is 12.3 Å². The van der Waals surface area contributed by atoms with Gasteiger partial charge in [0, 0.05) is 30.1 Å². The van der Waals surface area contributed by atoms with E-state index in [4.69, 9.17) is 0 Å². The molecule has 0 unspecified atom stereocenters. The molecule has 144 valence electrons. The first-order valence-electron chi connectivity index (χ1n) is 9.83. The summed E-state index contributed by atoms with van der Waals surface area (Å²) in [5, 5.41) is 0. The van der Waals surface area contributed by atoms with Crippen molar-refractivity contribution in [3.63, 3.8) is 0 Å². The number of halogens is 2. The molecule has 1 aromatic heterocycles. The zero-order valence-corrected chi connectivity index (χ0v) is 15.8. The fourth-order valence-corrected chi connectivity index (χ4v) is 4.00. The summed E-state index contributed by atoms with van der Waals surface area (Å²) in [6.07, 6.45) is 6.91. The molecule has 0 amide bonds. The molecule has 1 aliphatic rings. The van der Waals surface area contributed by atoms with Crippen molar-refractivity contribution in [2.45, 2.75) is 25.8 Å². The van der Waals surface area contributed by atoms with Gasteiger partial charge in [0.25, 0.3) is 0 Å². The van der Waals surface area contributed by atoms with Gasteiger partial charge in [0.2, 0.25) is 0 Å². The maximum atomic E-state index is 14.1. The molecule has 2 heterocycles. The van der Waals surface area contributed by atoms with Gasteiger partial charge in [-0.25, -0.2) is 8.78 Å². The van der Waals surface area contributed by atoms with Crippen LogP contribution in [0.15, 0.2) is 67.0 Å². The van der Waals surface area contributed by atoms with Gasteiger partial charge in [-0.1, -0.05) is 42.5 Å². The fraction of sp³-hybridized carbons (Fsp3) is 0.292. The Bertz CT molecular complexity index is 919. The number of aromatic nitrogens is 1. The molecular formula is C24H24F2N2. The zero-order valence-electron chi connectivity index (χ0n) is 15.8. The first-order valence-corrected chi connectivity index (χ1v) is 9.83. The molecule has 2 nitrogen and oxygen atoms in total. The molecule has 28 heavy (non-hydrogen) atoms. The van der Waals surface area contributed by atoms with E-state index in [1.165, 1.54) is 24.5 Å². The van der Waals surface area contributed by atoms with Crippen molar-refractivity contribution >= 4 is 0 Å². The topological polar surface area (TPSA) is 16.1 Å². The Labute approximate surface area is 164 Å². The van der Waals surface area contributed by atoms with Crippen molar-refractivity contribution in [3.05, 3.63) is 89.8 Å². The van der Waals surface area contributed by atoms with Crippen LogP contribution >= 0.6 is 0 Å². The predicted octanol–water partition coefficient (Wildman–Crippen LogP) is 5.48. The van der Waals surface area contributed by atoms with Crippen molar-refractivity contribution in [2.75, 3.05) is 13.1 Å². The Morgan fingerprint density at radius 3 is 2.46 bits per heavy atom. The summed E-state index contributed by atoms with van der Waals surface area (Å²) < 4.78 is 27.6. The lowest BCUT2D eigenvalue weighted by Crippen LogP contribution is -2.33. The molecule has 1 saturated heterocycles. The molecule has 2 aromatic carbocycles. The lowest BCUT2D eigenvalue weighted by molar-refractivity contribution is 0.177. The van der Waals surface area contributed by atoms with Crippen molar-refractivity contribution in [1.29, 1.82) is 0 Å². The molecule has 0 aliphatic carbocycles. The van der Waals surface area contributed by atoms with Gasteiger partial charge in [-0.3, -0.25) is 9.88 Å². The molecule has 0 bridgehead atoms. The second-order valence-corrected chi connectivity index (χ2v) is 7.59. The van der Waals surface area contributed by atoms with Crippen molar-refractivity contribution < 1.29 is 8.78 Å². The van der Waals surface area contributed by atoms with E-state index >= 15 is 0 Å². The average Bonchev–Trinajstić information content (AvgIpc) is 2.72. The van der Waals surface area contributed by atoms with E-state index in [9.17, 15) is 8.78 Å². The van der Waals surface area contributed by atoms with Crippen LogP contribution in [0.5, 0.6) is 0 Å². The van der Waals surface area contributed by atoms with E-state index in [0.717, 1.165) is 43.6 Å². The van der Waals surface area contributed by atoms with E-state index in [1.807, 2.05) is 12.3 Å². The summed E-state index contributed by atoms with van der Waals surface area (Å²) in [5.74, 6) is -0.920. The highest BCUT2D eigenvalue weighted by Gasteiger charge is 2.20. The lowest BCUT2D eigenvalue weighted by Gasteiger charge is -2.32. The minimum Gasteiger partial charge on any atom is -0.299 e.